The van der Waals surface area contributed by atoms with Crippen LogP contribution >= 0.6 is 15.9 Å². The Morgan fingerprint density at radius 3 is 2.11 bits per heavy atom. The number of benzene rings is 3. The number of nitrogens with one attached hydrogen (secondary N) is 1. The molecule has 5 heteroatoms. The number of nitrogens with zero attached hydrogens (tertiary/aromatic N) is 2. The topological polar surface area (TPSA) is 42.9 Å². The summed E-state index contributed by atoms with van der Waals surface area (Å²) in [5, 5.41) is 8.71. The fourth-order valence-corrected chi connectivity index (χ4v) is 3.49. The molecule has 0 radical (unpaired) electrons. The average molecular weight is 422 g/mol. The van der Waals surface area contributed by atoms with Gasteiger partial charge in [0.15, 0.2) is 0 Å². The zero-order valence-electron chi connectivity index (χ0n) is 14.8. The summed E-state index contributed by atoms with van der Waals surface area (Å²) in [7, 11) is 0. The first-order chi connectivity index (χ1) is 13.2. The lowest BCUT2D eigenvalue weighted by Gasteiger charge is -2.08. The third kappa shape index (κ3) is 3.83. The molecule has 0 aliphatic heterocycles. The van der Waals surface area contributed by atoms with Gasteiger partial charge < -0.3 is 13.9 Å². The first kappa shape index (κ1) is 17.6. The molecule has 0 fully saturated rings. The molecule has 0 atom stereocenters. The van der Waals surface area contributed by atoms with Gasteiger partial charge >= 0.3 is 0 Å². The molecule has 0 aliphatic carbocycles. The van der Waals surface area contributed by atoms with Gasteiger partial charge in [0.2, 0.25) is 5.62 Å². The molecule has 0 bridgehead atoms. The van der Waals surface area contributed by atoms with E-state index < -0.39 is 0 Å². The summed E-state index contributed by atoms with van der Waals surface area (Å²) in [5.74, 6) is 0.850. The van der Waals surface area contributed by atoms with Crippen LogP contribution in [0.2, 0.25) is 0 Å². The zero-order chi connectivity index (χ0) is 18.6. The van der Waals surface area contributed by atoms with Crippen LogP contribution in [0.3, 0.4) is 0 Å². The van der Waals surface area contributed by atoms with E-state index in [2.05, 4.69) is 40.2 Å². The second kappa shape index (κ2) is 7.84. The Labute approximate surface area is 166 Å². The van der Waals surface area contributed by atoms with Gasteiger partial charge in [-0.05, 0) is 42.0 Å². The van der Waals surface area contributed by atoms with Crippen LogP contribution in [0.15, 0.2) is 83.3 Å². The highest BCUT2D eigenvalue weighted by Gasteiger charge is 2.11. The summed E-state index contributed by atoms with van der Waals surface area (Å²) in [6.45, 7) is 1.81. The molecule has 4 aromatic rings. The van der Waals surface area contributed by atoms with E-state index in [0.717, 1.165) is 21.3 Å². The molecular formula is C22H20BrN3O. The Hall–Kier alpha value is -2.79. The van der Waals surface area contributed by atoms with Crippen molar-refractivity contribution in [3.05, 3.63) is 94.5 Å². The van der Waals surface area contributed by atoms with Gasteiger partial charge in [0.25, 0.3) is 0 Å². The minimum absolute atomic E-state index is 0.482. The Morgan fingerprint density at radius 2 is 1.41 bits per heavy atom. The first-order valence-electron chi connectivity index (χ1n) is 8.87. The molecule has 1 heterocycles. The van der Waals surface area contributed by atoms with Crippen molar-refractivity contribution in [1.82, 2.24) is 9.13 Å². The van der Waals surface area contributed by atoms with E-state index >= 15 is 0 Å². The monoisotopic (exact) mass is 421 g/mol. The van der Waals surface area contributed by atoms with Crippen LogP contribution < -0.4 is 10.4 Å². The predicted octanol–water partition coefficient (Wildman–Crippen LogP) is 4.81. The van der Waals surface area contributed by atoms with Crippen molar-refractivity contribution in [3.63, 3.8) is 0 Å². The quantitative estimate of drug-likeness (QED) is 0.476. The van der Waals surface area contributed by atoms with Gasteiger partial charge in [-0.2, -0.15) is 0 Å². The number of rotatable bonds is 6. The maximum absolute atomic E-state index is 8.71. The molecule has 3 aromatic carbocycles. The SMILES string of the molecule is N=c1n(CCOc2ccccc2)c2ccccc2n1Cc1ccc(Br)cc1. The summed E-state index contributed by atoms with van der Waals surface area (Å²) in [6, 6.07) is 26.2. The van der Waals surface area contributed by atoms with Crippen molar-refractivity contribution < 1.29 is 4.74 Å². The minimum atomic E-state index is 0.482. The standard InChI is InChI=1S/C22H20BrN3O/c23-18-12-10-17(11-13-18)16-26-21-9-5-4-8-20(21)25(22(26)24)14-15-27-19-6-2-1-3-7-19/h1-13,24H,14-16H2. The maximum Gasteiger partial charge on any atom is 0.203 e. The molecule has 1 N–H and O–H groups in total. The van der Waals surface area contributed by atoms with E-state index in [-0.39, 0.29) is 0 Å². The molecule has 1 aromatic heterocycles. The lowest BCUT2D eigenvalue weighted by atomic mass is 10.2. The Morgan fingerprint density at radius 1 is 0.778 bits per heavy atom. The highest BCUT2D eigenvalue weighted by Crippen LogP contribution is 2.16. The van der Waals surface area contributed by atoms with Gasteiger partial charge in [0.1, 0.15) is 12.4 Å². The van der Waals surface area contributed by atoms with E-state index in [1.165, 1.54) is 5.56 Å². The summed E-state index contributed by atoms with van der Waals surface area (Å²) >= 11 is 3.48. The van der Waals surface area contributed by atoms with Crippen molar-refractivity contribution in [2.75, 3.05) is 6.61 Å². The molecule has 4 rings (SSSR count). The van der Waals surface area contributed by atoms with E-state index in [0.29, 0.717) is 25.3 Å². The van der Waals surface area contributed by atoms with E-state index in [4.69, 9.17) is 10.1 Å². The van der Waals surface area contributed by atoms with Gasteiger partial charge in [-0.1, -0.05) is 58.4 Å². The van der Waals surface area contributed by atoms with Crippen molar-refractivity contribution in [2.24, 2.45) is 0 Å². The van der Waals surface area contributed by atoms with Gasteiger partial charge in [-0.3, -0.25) is 5.41 Å². The lowest BCUT2D eigenvalue weighted by Crippen LogP contribution is -2.27. The molecule has 27 heavy (non-hydrogen) atoms. The Kier molecular flexibility index (Phi) is 5.12. The van der Waals surface area contributed by atoms with E-state index in [9.17, 15) is 0 Å². The zero-order valence-corrected chi connectivity index (χ0v) is 16.4. The number of hydrogen-bond acceptors (Lipinski definition) is 2. The number of aromatic nitrogens is 2. The number of fused-ring (bicyclic) bond motifs is 1. The molecule has 136 valence electrons. The van der Waals surface area contributed by atoms with Crippen LogP contribution in [0.4, 0.5) is 0 Å². The van der Waals surface area contributed by atoms with Gasteiger partial charge in [-0.15, -0.1) is 0 Å². The lowest BCUT2D eigenvalue weighted by molar-refractivity contribution is 0.296. The summed E-state index contributed by atoms with van der Waals surface area (Å²) < 4.78 is 10.9. The molecule has 0 saturated carbocycles. The fourth-order valence-electron chi connectivity index (χ4n) is 3.22. The smallest absolute Gasteiger partial charge is 0.203 e. The second-order valence-corrected chi connectivity index (χ2v) is 7.25. The van der Waals surface area contributed by atoms with Crippen molar-refractivity contribution in [1.29, 1.82) is 5.41 Å². The van der Waals surface area contributed by atoms with Crippen LogP contribution in [0.1, 0.15) is 5.56 Å². The van der Waals surface area contributed by atoms with Gasteiger partial charge in [0, 0.05) is 4.47 Å². The predicted molar refractivity (Wildman–Crippen MR) is 111 cm³/mol. The fraction of sp³-hybridized carbons (Fsp3) is 0.136. The third-order valence-electron chi connectivity index (χ3n) is 4.56. The van der Waals surface area contributed by atoms with Crippen LogP contribution in [0.25, 0.3) is 11.0 Å². The summed E-state index contributed by atoms with van der Waals surface area (Å²) in [4.78, 5) is 0. The summed E-state index contributed by atoms with van der Waals surface area (Å²) in [6.07, 6.45) is 0. The molecular weight excluding hydrogens is 402 g/mol. The van der Waals surface area contributed by atoms with E-state index in [1.807, 2.05) is 63.7 Å². The van der Waals surface area contributed by atoms with Crippen LogP contribution in [-0.2, 0) is 13.1 Å². The Balaban J connectivity index is 1.62. The largest absolute Gasteiger partial charge is 0.492 e. The summed E-state index contributed by atoms with van der Waals surface area (Å²) in [5.41, 5.74) is 3.76. The van der Waals surface area contributed by atoms with E-state index in [1.54, 1.807) is 0 Å². The van der Waals surface area contributed by atoms with Crippen LogP contribution in [-0.4, -0.2) is 15.7 Å². The number of ether oxygens (including phenoxy) is 1. The highest BCUT2D eigenvalue weighted by atomic mass is 79.9. The highest BCUT2D eigenvalue weighted by molar-refractivity contribution is 9.10. The molecule has 0 amide bonds. The van der Waals surface area contributed by atoms with Gasteiger partial charge in [-0.25, -0.2) is 0 Å². The van der Waals surface area contributed by atoms with Crippen LogP contribution in [0, 0.1) is 5.41 Å². The van der Waals surface area contributed by atoms with Gasteiger partial charge in [0.05, 0.1) is 24.1 Å². The number of halogens is 1. The average Bonchev–Trinajstić information content (AvgIpc) is 2.96. The van der Waals surface area contributed by atoms with Crippen molar-refractivity contribution in [2.45, 2.75) is 13.1 Å². The maximum atomic E-state index is 8.71. The number of para-hydroxylation sites is 3. The molecule has 0 aliphatic rings. The van der Waals surface area contributed by atoms with Crippen molar-refractivity contribution >= 4 is 27.0 Å². The number of hydrogen-bond donors (Lipinski definition) is 1. The number of imidazole rings is 1. The third-order valence-corrected chi connectivity index (χ3v) is 5.08. The second-order valence-electron chi connectivity index (χ2n) is 6.34. The van der Waals surface area contributed by atoms with Crippen molar-refractivity contribution in [3.8, 4) is 5.75 Å². The molecule has 0 saturated heterocycles. The molecule has 0 unspecified atom stereocenters. The molecule has 0 spiro atoms. The normalized spacial score (nSPS) is 11.0. The molecule has 4 nitrogen and oxygen atoms in total. The first-order valence-corrected chi connectivity index (χ1v) is 9.66. The minimum Gasteiger partial charge on any atom is -0.492 e. The van der Waals surface area contributed by atoms with Crippen LogP contribution in [0.5, 0.6) is 5.75 Å². The Bertz CT molecular complexity index is 1100.